The molecule has 0 fully saturated rings. The summed E-state index contributed by atoms with van der Waals surface area (Å²) < 4.78 is 27.9. The molecular formula is C22H21ClN2O3S2. The van der Waals surface area contributed by atoms with Gasteiger partial charge in [0.25, 0.3) is 10.0 Å². The Kier molecular flexibility index (Phi) is 7.07. The molecule has 0 saturated carbocycles. The predicted molar refractivity (Wildman–Crippen MR) is 124 cm³/mol. The number of rotatable bonds is 7. The summed E-state index contributed by atoms with van der Waals surface area (Å²) in [5, 5.41) is 3.21. The van der Waals surface area contributed by atoms with E-state index in [2.05, 4.69) is 5.32 Å². The van der Waals surface area contributed by atoms with Crippen molar-refractivity contribution in [1.82, 2.24) is 0 Å². The molecule has 1 N–H and O–H groups in total. The zero-order valence-electron chi connectivity index (χ0n) is 16.5. The van der Waals surface area contributed by atoms with Crippen molar-refractivity contribution in [3.05, 3.63) is 83.4 Å². The first kappa shape index (κ1) is 22.2. The number of benzene rings is 3. The maximum atomic E-state index is 13.4. The van der Waals surface area contributed by atoms with E-state index in [-0.39, 0.29) is 11.4 Å². The molecule has 0 aromatic heterocycles. The second kappa shape index (κ2) is 9.55. The normalized spacial score (nSPS) is 11.2. The molecule has 8 heteroatoms. The van der Waals surface area contributed by atoms with Crippen LogP contribution in [0.5, 0.6) is 0 Å². The minimum absolute atomic E-state index is 0.0988. The predicted octanol–water partition coefficient (Wildman–Crippen LogP) is 5.20. The number of carbonyl (C=O) groups is 1. The van der Waals surface area contributed by atoms with Gasteiger partial charge >= 0.3 is 0 Å². The van der Waals surface area contributed by atoms with Gasteiger partial charge in [0.2, 0.25) is 5.91 Å². The van der Waals surface area contributed by atoms with Crippen LogP contribution in [0.2, 0.25) is 5.02 Å². The third-order valence-corrected chi connectivity index (χ3v) is 7.24. The number of para-hydroxylation sites is 1. The van der Waals surface area contributed by atoms with E-state index in [0.717, 1.165) is 9.20 Å². The van der Waals surface area contributed by atoms with Gasteiger partial charge in [-0.25, -0.2) is 8.42 Å². The Morgan fingerprint density at radius 2 is 1.70 bits per heavy atom. The summed E-state index contributed by atoms with van der Waals surface area (Å²) >= 11 is 7.63. The quantitative estimate of drug-likeness (QED) is 0.492. The van der Waals surface area contributed by atoms with Crippen molar-refractivity contribution >= 4 is 50.7 Å². The van der Waals surface area contributed by atoms with Crippen LogP contribution in [0.4, 0.5) is 11.4 Å². The highest BCUT2D eigenvalue weighted by molar-refractivity contribution is 7.98. The number of amides is 1. The third-order valence-electron chi connectivity index (χ3n) is 4.44. The first-order valence-electron chi connectivity index (χ1n) is 9.09. The van der Waals surface area contributed by atoms with Crippen LogP contribution in [0, 0.1) is 6.92 Å². The fourth-order valence-electron chi connectivity index (χ4n) is 2.94. The number of thioether (sulfide) groups is 1. The van der Waals surface area contributed by atoms with E-state index in [1.165, 1.54) is 23.9 Å². The number of halogens is 1. The van der Waals surface area contributed by atoms with Crippen LogP contribution in [0.25, 0.3) is 0 Å². The number of hydrogen-bond acceptors (Lipinski definition) is 4. The zero-order chi connectivity index (χ0) is 21.7. The van der Waals surface area contributed by atoms with Gasteiger partial charge in [-0.15, -0.1) is 11.8 Å². The van der Waals surface area contributed by atoms with Crippen molar-refractivity contribution in [2.45, 2.75) is 16.7 Å². The molecular weight excluding hydrogens is 440 g/mol. The van der Waals surface area contributed by atoms with Crippen LogP contribution in [-0.4, -0.2) is 27.1 Å². The minimum atomic E-state index is -3.99. The molecule has 0 heterocycles. The number of aryl methyl sites for hydroxylation is 1. The highest BCUT2D eigenvalue weighted by atomic mass is 35.5. The lowest BCUT2D eigenvalue weighted by atomic mass is 10.2. The Labute approximate surface area is 186 Å². The standard InChI is InChI=1S/C22H21ClN2O3S2/c1-16-12-13-17(23)14-20(16)25(30(27,28)18-8-4-3-5-9-18)15-22(26)24-19-10-6-7-11-21(19)29-2/h3-14H,15H2,1-2H3,(H,24,26). The molecule has 3 aromatic rings. The SMILES string of the molecule is CSc1ccccc1NC(=O)CN(c1cc(Cl)ccc1C)S(=O)(=O)c1ccccc1. The summed E-state index contributed by atoms with van der Waals surface area (Å²) in [5.41, 5.74) is 1.69. The van der Waals surface area contributed by atoms with E-state index in [1.54, 1.807) is 49.4 Å². The molecule has 0 aliphatic heterocycles. The summed E-state index contributed by atoms with van der Waals surface area (Å²) in [5.74, 6) is -0.449. The average Bonchev–Trinajstić information content (AvgIpc) is 2.75. The number of nitrogens with zero attached hydrogens (tertiary/aromatic N) is 1. The molecule has 0 atom stereocenters. The largest absolute Gasteiger partial charge is 0.323 e. The highest BCUT2D eigenvalue weighted by Crippen LogP contribution is 2.30. The van der Waals surface area contributed by atoms with Crippen LogP contribution >= 0.6 is 23.4 Å². The smallest absolute Gasteiger partial charge is 0.264 e. The molecule has 156 valence electrons. The van der Waals surface area contributed by atoms with Crippen LogP contribution in [-0.2, 0) is 14.8 Å². The Morgan fingerprint density at radius 1 is 1.03 bits per heavy atom. The first-order valence-corrected chi connectivity index (χ1v) is 12.1. The molecule has 30 heavy (non-hydrogen) atoms. The minimum Gasteiger partial charge on any atom is -0.323 e. The third kappa shape index (κ3) is 4.98. The number of nitrogens with one attached hydrogen (secondary N) is 1. The fraction of sp³-hybridized carbons (Fsp3) is 0.136. The van der Waals surface area contributed by atoms with Crippen molar-refractivity contribution in [2.24, 2.45) is 0 Å². The van der Waals surface area contributed by atoms with E-state index in [0.29, 0.717) is 22.0 Å². The van der Waals surface area contributed by atoms with Crippen molar-refractivity contribution in [3.8, 4) is 0 Å². The van der Waals surface area contributed by atoms with Crippen LogP contribution in [0.15, 0.2) is 82.6 Å². The lowest BCUT2D eigenvalue weighted by Gasteiger charge is -2.26. The molecule has 0 aliphatic rings. The van der Waals surface area contributed by atoms with Gasteiger partial charge in [0.15, 0.2) is 0 Å². The lowest BCUT2D eigenvalue weighted by Crippen LogP contribution is -2.38. The lowest BCUT2D eigenvalue weighted by molar-refractivity contribution is -0.114. The molecule has 3 aromatic carbocycles. The maximum absolute atomic E-state index is 13.4. The Hall–Kier alpha value is -2.48. The van der Waals surface area contributed by atoms with E-state index in [4.69, 9.17) is 11.6 Å². The van der Waals surface area contributed by atoms with Gasteiger partial charge in [0.05, 0.1) is 16.3 Å². The van der Waals surface area contributed by atoms with Crippen molar-refractivity contribution < 1.29 is 13.2 Å². The average molecular weight is 461 g/mol. The highest BCUT2D eigenvalue weighted by Gasteiger charge is 2.28. The Bertz CT molecular complexity index is 1150. The number of hydrogen-bond donors (Lipinski definition) is 1. The molecule has 1 amide bonds. The monoisotopic (exact) mass is 460 g/mol. The second-order valence-corrected chi connectivity index (χ2v) is 9.65. The van der Waals surface area contributed by atoms with Gasteiger partial charge in [0, 0.05) is 9.92 Å². The first-order chi connectivity index (χ1) is 14.3. The van der Waals surface area contributed by atoms with E-state index in [9.17, 15) is 13.2 Å². The summed E-state index contributed by atoms with van der Waals surface area (Å²) in [7, 11) is -3.99. The Morgan fingerprint density at radius 3 is 2.40 bits per heavy atom. The summed E-state index contributed by atoms with van der Waals surface area (Å²) in [6.07, 6.45) is 1.91. The number of anilines is 2. The number of sulfonamides is 1. The van der Waals surface area contributed by atoms with Gasteiger partial charge in [-0.3, -0.25) is 9.10 Å². The molecule has 0 saturated heterocycles. The molecule has 5 nitrogen and oxygen atoms in total. The molecule has 0 spiro atoms. The van der Waals surface area contributed by atoms with E-state index < -0.39 is 15.9 Å². The molecule has 0 aliphatic carbocycles. The Balaban J connectivity index is 2.00. The van der Waals surface area contributed by atoms with E-state index >= 15 is 0 Å². The van der Waals surface area contributed by atoms with Crippen LogP contribution in [0.1, 0.15) is 5.56 Å². The number of carbonyl (C=O) groups excluding carboxylic acids is 1. The van der Waals surface area contributed by atoms with Gasteiger partial charge in [0.1, 0.15) is 6.54 Å². The topological polar surface area (TPSA) is 66.5 Å². The van der Waals surface area contributed by atoms with Crippen molar-refractivity contribution in [3.63, 3.8) is 0 Å². The molecule has 0 bridgehead atoms. The summed E-state index contributed by atoms with van der Waals surface area (Å²) in [6.45, 7) is 1.39. The second-order valence-electron chi connectivity index (χ2n) is 6.50. The molecule has 0 radical (unpaired) electrons. The van der Waals surface area contributed by atoms with Gasteiger partial charge in [-0.05, 0) is 55.1 Å². The van der Waals surface area contributed by atoms with Crippen LogP contribution < -0.4 is 9.62 Å². The summed E-state index contributed by atoms with van der Waals surface area (Å²) in [4.78, 5) is 13.9. The maximum Gasteiger partial charge on any atom is 0.264 e. The molecule has 0 unspecified atom stereocenters. The van der Waals surface area contributed by atoms with Crippen LogP contribution in [0.3, 0.4) is 0 Å². The van der Waals surface area contributed by atoms with Gasteiger partial charge < -0.3 is 5.32 Å². The zero-order valence-corrected chi connectivity index (χ0v) is 18.9. The van der Waals surface area contributed by atoms with E-state index in [1.807, 2.05) is 24.5 Å². The van der Waals surface area contributed by atoms with Crippen molar-refractivity contribution in [1.29, 1.82) is 0 Å². The van der Waals surface area contributed by atoms with Gasteiger partial charge in [-0.2, -0.15) is 0 Å². The molecule has 3 rings (SSSR count). The van der Waals surface area contributed by atoms with Crippen molar-refractivity contribution in [2.75, 3.05) is 22.4 Å². The summed E-state index contributed by atoms with van der Waals surface area (Å²) in [6, 6.07) is 20.4. The van der Waals surface area contributed by atoms with Gasteiger partial charge in [-0.1, -0.05) is 48.0 Å². The fourth-order valence-corrected chi connectivity index (χ4v) is 5.16.